The summed E-state index contributed by atoms with van der Waals surface area (Å²) in [6.45, 7) is 5.22. The summed E-state index contributed by atoms with van der Waals surface area (Å²) in [5.74, 6) is 0.0648. The van der Waals surface area contributed by atoms with Gasteiger partial charge in [-0.3, -0.25) is 4.79 Å². The Kier molecular flexibility index (Phi) is 6.19. The summed E-state index contributed by atoms with van der Waals surface area (Å²) in [5.41, 5.74) is 7.48. The molecule has 1 aromatic heterocycles. The molecule has 0 spiro atoms. The van der Waals surface area contributed by atoms with Crippen molar-refractivity contribution in [2.24, 2.45) is 11.7 Å². The van der Waals surface area contributed by atoms with Crippen LogP contribution in [-0.2, 0) is 0 Å². The van der Waals surface area contributed by atoms with Crippen molar-refractivity contribution in [1.82, 2.24) is 14.7 Å². The Morgan fingerprint density at radius 3 is 2.56 bits per heavy atom. The highest BCUT2D eigenvalue weighted by atomic mass is 35.5. The van der Waals surface area contributed by atoms with Crippen molar-refractivity contribution in [1.29, 1.82) is 0 Å². The maximum Gasteiger partial charge on any atom is 0.257 e. The second-order valence-electron chi connectivity index (χ2n) is 6.50. The second kappa shape index (κ2) is 7.97. The van der Waals surface area contributed by atoms with Gasteiger partial charge in [0.2, 0.25) is 0 Å². The Morgan fingerprint density at radius 1 is 1.32 bits per heavy atom. The number of benzene rings is 1. The van der Waals surface area contributed by atoms with Gasteiger partial charge in [0, 0.05) is 19.1 Å². The lowest BCUT2D eigenvalue weighted by Crippen LogP contribution is -2.42. The van der Waals surface area contributed by atoms with Crippen LogP contribution in [-0.4, -0.2) is 39.7 Å². The molecule has 0 radical (unpaired) electrons. The number of carbonyl (C=O) groups excluding carboxylic acids is 1. The molecule has 0 saturated carbocycles. The summed E-state index contributed by atoms with van der Waals surface area (Å²) < 4.78 is 15.5. The highest BCUT2D eigenvalue weighted by Gasteiger charge is 2.27. The van der Waals surface area contributed by atoms with E-state index in [0.29, 0.717) is 36.0 Å². The summed E-state index contributed by atoms with van der Waals surface area (Å²) in [5, 5.41) is 4.22. The first-order chi connectivity index (χ1) is 11.5. The number of carbonyl (C=O) groups is 1. The molecule has 1 fully saturated rings. The highest BCUT2D eigenvalue weighted by Crippen LogP contribution is 2.23. The number of aromatic nitrogens is 2. The Hall–Kier alpha value is -1.92. The molecule has 25 heavy (non-hydrogen) atoms. The van der Waals surface area contributed by atoms with Gasteiger partial charge in [-0.25, -0.2) is 9.07 Å². The minimum Gasteiger partial charge on any atom is -0.339 e. The Balaban J connectivity index is 0.00000225. The standard InChI is InChI=1S/C18H23FN4O.ClH/c1-12(20)14-7-9-22(10-8-14)18(24)15-11-21-23(13(15)2)17-6-4-3-5-16(17)19;/h3-6,11-12,14H,7-10,20H2,1-2H3;1H. The summed E-state index contributed by atoms with van der Waals surface area (Å²) >= 11 is 0. The molecule has 5 nitrogen and oxygen atoms in total. The van der Waals surface area contributed by atoms with Crippen molar-refractivity contribution < 1.29 is 9.18 Å². The maximum atomic E-state index is 14.0. The summed E-state index contributed by atoms with van der Waals surface area (Å²) in [4.78, 5) is 14.6. The first-order valence-electron chi connectivity index (χ1n) is 8.33. The Labute approximate surface area is 153 Å². The number of nitrogens with two attached hydrogens (primary N) is 1. The molecule has 2 N–H and O–H groups in total. The molecule has 7 heteroatoms. The van der Waals surface area contributed by atoms with E-state index in [0.717, 1.165) is 12.8 Å². The first kappa shape index (κ1) is 19.4. The zero-order valence-corrected chi connectivity index (χ0v) is 15.3. The third-order valence-corrected chi connectivity index (χ3v) is 4.89. The van der Waals surface area contributed by atoms with Gasteiger partial charge in [0.25, 0.3) is 5.91 Å². The number of halogens is 2. The van der Waals surface area contributed by atoms with Gasteiger partial charge in [-0.05, 0) is 44.7 Å². The quantitative estimate of drug-likeness (QED) is 0.908. The van der Waals surface area contributed by atoms with Crippen LogP contribution in [0.1, 0.15) is 35.8 Å². The number of nitrogens with zero attached hydrogens (tertiary/aromatic N) is 3. The molecule has 1 unspecified atom stereocenters. The van der Waals surface area contributed by atoms with Crippen molar-refractivity contribution >= 4 is 18.3 Å². The molecule has 0 aliphatic carbocycles. The van der Waals surface area contributed by atoms with Crippen LogP contribution >= 0.6 is 12.4 Å². The minimum absolute atomic E-state index is 0. The number of amides is 1. The van der Waals surface area contributed by atoms with Crippen LogP contribution in [0, 0.1) is 18.7 Å². The molecule has 3 rings (SSSR count). The van der Waals surface area contributed by atoms with E-state index in [1.807, 2.05) is 11.8 Å². The Morgan fingerprint density at radius 2 is 1.96 bits per heavy atom. The normalized spacial score (nSPS) is 16.4. The minimum atomic E-state index is -0.361. The SMILES string of the molecule is Cc1c(C(=O)N2CCC(C(C)N)CC2)cnn1-c1ccccc1F.Cl. The van der Waals surface area contributed by atoms with Crippen LogP contribution in [0.5, 0.6) is 0 Å². The van der Waals surface area contributed by atoms with Gasteiger partial charge in [0.1, 0.15) is 11.5 Å². The summed E-state index contributed by atoms with van der Waals surface area (Å²) in [6, 6.07) is 6.58. The fraction of sp³-hybridized carbons (Fsp3) is 0.444. The van der Waals surface area contributed by atoms with Crippen LogP contribution < -0.4 is 5.73 Å². The number of piperidine rings is 1. The van der Waals surface area contributed by atoms with Gasteiger partial charge in [0.05, 0.1) is 17.5 Å². The third-order valence-electron chi connectivity index (χ3n) is 4.89. The molecule has 136 valence electrons. The molecule has 2 heterocycles. The third kappa shape index (κ3) is 3.85. The molecule has 1 atom stereocenters. The lowest BCUT2D eigenvalue weighted by molar-refractivity contribution is 0.0680. The lowest BCUT2D eigenvalue weighted by Gasteiger charge is -2.33. The molecule has 1 aliphatic heterocycles. The molecule has 1 saturated heterocycles. The number of para-hydroxylation sites is 1. The van der Waals surface area contributed by atoms with E-state index in [1.54, 1.807) is 25.1 Å². The van der Waals surface area contributed by atoms with Crippen molar-refractivity contribution in [2.75, 3.05) is 13.1 Å². The zero-order valence-electron chi connectivity index (χ0n) is 14.5. The maximum absolute atomic E-state index is 14.0. The average Bonchev–Trinajstić information content (AvgIpc) is 2.96. The van der Waals surface area contributed by atoms with Gasteiger partial charge in [-0.2, -0.15) is 5.10 Å². The van der Waals surface area contributed by atoms with Crippen molar-refractivity contribution in [2.45, 2.75) is 32.7 Å². The largest absolute Gasteiger partial charge is 0.339 e. The molecule has 0 bridgehead atoms. The monoisotopic (exact) mass is 366 g/mol. The number of rotatable bonds is 3. The van der Waals surface area contributed by atoms with Crippen molar-refractivity contribution in [3.8, 4) is 5.69 Å². The van der Waals surface area contributed by atoms with Gasteiger partial charge in [0.15, 0.2) is 0 Å². The van der Waals surface area contributed by atoms with Gasteiger partial charge >= 0.3 is 0 Å². The highest BCUT2D eigenvalue weighted by molar-refractivity contribution is 5.95. The number of hydrogen-bond acceptors (Lipinski definition) is 3. The second-order valence-corrected chi connectivity index (χ2v) is 6.50. The topological polar surface area (TPSA) is 64.2 Å². The van der Waals surface area contributed by atoms with E-state index in [1.165, 1.54) is 16.9 Å². The Bertz CT molecular complexity index is 738. The van der Waals surface area contributed by atoms with E-state index in [9.17, 15) is 9.18 Å². The molecular formula is C18H24ClFN4O. The van der Waals surface area contributed by atoms with Crippen LogP contribution in [0.15, 0.2) is 30.5 Å². The van der Waals surface area contributed by atoms with E-state index in [2.05, 4.69) is 5.10 Å². The number of hydrogen-bond donors (Lipinski definition) is 1. The summed E-state index contributed by atoms with van der Waals surface area (Å²) in [6.07, 6.45) is 3.37. The van der Waals surface area contributed by atoms with Gasteiger partial charge < -0.3 is 10.6 Å². The van der Waals surface area contributed by atoms with Gasteiger partial charge in [-0.1, -0.05) is 12.1 Å². The van der Waals surface area contributed by atoms with Crippen LogP contribution in [0.4, 0.5) is 4.39 Å². The molecule has 1 aromatic carbocycles. The fourth-order valence-electron chi connectivity index (χ4n) is 3.28. The predicted octanol–water partition coefficient (Wildman–Crippen LogP) is 2.94. The lowest BCUT2D eigenvalue weighted by atomic mass is 9.91. The van der Waals surface area contributed by atoms with Crippen LogP contribution in [0.25, 0.3) is 5.69 Å². The van der Waals surface area contributed by atoms with E-state index >= 15 is 0 Å². The number of likely N-dealkylation sites (tertiary alicyclic amines) is 1. The molecule has 2 aromatic rings. The molecular weight excluding hydrogens is 343 g/mol. The van der Waals surface area contributed by atoms with E-state index in [4.69, 9.17) is 5.73 Å². The predicted molar refractivity (Wildman–Crippen MR) is 97.8 cm³/mol. The van der Waals surface area contributed by atoms with Gasteiger partial charge in [-0.15, -0.1) is 12.4 Å². The average molecular weight is 367 g/mol. The van der Waals surface area contributed by atoms with Crippen LogP contribution in [0.3, 0.4) is 0 Å². The molecule has 1 aliphatic rings. The van der Waals surface area contributed by atoms with E-state index in [-0.39, 0.29) is 30.2 Å². The smallest absolute Gasteiger partial charge is 0.257 e. The fourth-order valence-corrected chi connectivity index (χ4v) is 3.28. The molecule has 1 amide bonds. The first-order valence-corrected chi connectivity index (χ1v) is 8.33. The van der Waals surface area contributed by atoms with E-state index < -0.39 is 0 Å². The van der Waals surface area contributed by atoms with Crippen molar-refractivity contribution in [3.63, 3.8) is 0 Å². The van der Waals surface area contributed by atoms with Crippen molar-refractivity contribution in [3.05, 3.63) is 47.5 Å². The summed E-state index contributed by atoms with van der Waals surface area (Å²) in [7, 11) is 0. The van der Waals surface area contributed by atoms with Crippen LogP contribution in [0.2, 0.25) is 0 Å². The zero-order chi connectivity index (χ0) is 17.3.